The van der Waals surface area contributed by atoms with Crippen LogP contribution in [0.4, 0.5) is 10.5 Å². The highest BCUT2D eigenvalue weighted by Crippen LogP contribution is 2.30. The number of morpholine rings is 1. The lowest BCUT2D eigenvalue weighted by Crippen LogP contribution is -2.48. The molecule has 1 unspecified atom stereocenters. The number of alkyl carbamates (subject to hydrolysis) is 1. The van der Waals surface area contributed by atoms with E-state index >= 15 is 0 Å². The average Bonchev–Trinajstić information content (AvgIpc) is 3.11. The largest absolute Gasteiger partial charge is 0.491 e. The summed E-state index contributed by atoms with van der Waals surface area (Å²) in [5.41, 5.74) is 3.55. The molecule has 1 aliphatic heterocycles. The van der Waals surface area contributed by atoms with Gasteiger partial charge in [0.1, 0.15) is 24.5 Å². The minimum absolute atomic E-state index is 0.0902. The van der Waals surface area contributed by atoms with Crippen molar-refractivity contribution in [1.29, 1.82) is 5.26 Å². The Balaban J connectivity index is 1.27. The van der Waals surface area contributed by atoms with E-state index in [4.69, 9.17) is 19.5 Å². The van der Waals surface area contributed by atoms with Gasteiger partial charge in [0.2, 0.25) is 5.91 Å². The highest BCUT2D eigenvalue weighted by molar-refractivity contribution is 5.98. The molecule has 0 radical (unpaired) electrons. The van der Waals surface area contributed by atoms with Crippen LogP contribution in [-0.2, 0) is 20.7 Å². The lowest BCUT2D eigenvalue weighted by Gasteiger charge is -2.31. The van der Waals surface area contributed by atoms with Crippen LogP contribution in [0, 0.1) is 11.3 Å². The fraction of sp³-hybridized carbons (Fsp3) is 0.278. The number of nitrogens with one attached hydrogen (secondary N) is 3. The molecule has 1 fully saturated rings. The molecule has 1 aliphatic rings. The fourth-order valence-corrected chi connectivity index (χ4v) is 5.53. The Morgan fingerprint density at radius 3 is 2.39 bits per heavy atom. The number of aryl methyl sites for hydroxylation is 1. The minimum atomic E-state index is -0.981. The highest BCUT2D eigenvalue weighted by Gasteiger charge is 2.33. The molecule has 4 aromatic rings. The smallest absolute Gasteiger partial charge is 0.407 e. The van der Waals surface area contributed by atoms with Crippen LogP contribution >= 0.6 is 0 Å². The summed E-state index contributed by atoms with van der Waals surface area (Å²) in [5.74, 6) is -0.254. The van der Waals surface area contributed by atoms with E-state index < -0.39 is 24.0 Å². The summed E-state index contributed by atoms with van der Waals surface area (Å²) in [4.78, 5) is 31.1. The minimum Gasteiger partial charge on any atom is -0.491 e. The van der Waals surface area contributed by atoms with Crippen molar-refractivity contribution in [3.05, 3.63) is 126 Å². The topological polar surface area (TPSA) is 135 Å². The van der Waals surface area contributed by atoms with E-state index in [1.54, 1.807) is 36.5 Å². The molecule has 0 spiro atoms. The number of pyridine rings is 1. The van der Waals surface area contributed by atoms with Crippen molar-refractivity contribution >= 4 is 17.7 Å². The summed E-state index contributed by atoms with van der Waals surface area (Å²) in [6, 6.07) is 30.9. The predicted molar refractivity (Wildman–Crippen MR) is 173 cm³/mol. The number of nitrogens with zero attached hydrogens (tertiary/aromatic N) is 2. The van der Waals surface area contributed by atoms with Gasteiger partial charge < -0.3 is 30.2 Å². The number of ether oxygens (including phenoxy) is 3. The number of benzene rings is 3. The number of carbonyl (C=O) groups excluding carboxylic acids is 2. The zero-order valence-electron chi connectivity index (χ0n) is 25.6. The van der Waals surface area contributed by atoms with Gasteiger partial charge in [-0.25, -0.2) is 4.79 Å². The third kappa shape index (κ3) is 8.69. The maximum absolute atomic E-state index is 14.0. The number of rotatable bonds is 12. The van der Waals surface area contributed by atoms with Gasteiger partial charge in [-0.3, -0.25) is 9.78 Å². The summed E-state index contributed by atoms with van der Waals surface area (Å²) < 4.78 is 17.1. The van der Waals surface area contributed by atoms with Crippen LogP contribution in [-0.4, -0.2) is 62.0 Å². The fourth-order valence-electron chi connectivity index (χ4n) is 5.53. The van der Waals surface area contributed by atoms with Crippen molar-refractivity contribution in [2.45, 2.75) is 37.0 Å². The predicted octanol–water partition coefficient (Wildman–Crippen LogP) is 4.82. The Labute approximate surface area is 268 Å². The molecule has 2 amide bonds. The molecule has 3 aromatic carbocycles. The summed E-state index contributed by atoms with van der Waals surface area (Å²) in [6.07, 6.45) is 1.95. The first-order chi connectivity index (χ1) is 22.5. The lowest BCUT2D eigenvalue weighted by molar-refractivity contribution is -0.118. The van der Waals surface area contributed by atoms with Gasteiger partial charge >= 0.3 is 6.09 Å². The molecule has 1 aromatic heterocycles. The van der Waals surface area contributed by atoms with Crippen molar-refractivity contribution in [3.8, 4) is 11.8 Å². The number of carbonyl (C=O) groups is 2. The standard InChI is InChI=1S/C36H37N5O5/c1-44-36(43)41-34(33(26-11-4-2-5-12-26)27-13-6-3-7-14-27)35(42)40-32-16-9-19-39-31(32)18-17-29-22-38-23-30(46-29)24-45-28-15-8-10-25(20-28)21-37/h2-16,19-20,29-30,33-34,38H,17-18,22-24H2,1H3,(H,40,42)(H,41,43)/t29-,30+,34?/m1/s1. The van der Waals surface area contributed by atoms with Crippen LogP contribution in [0.25, 0.3) is 0 Å². The number of hydrogen-bond donors (Lipinski definition) is 3. The van der Waals surface area contributed by atoms with E-state index in [0.717, 1.165) is 11.1 Å². The second-order valence-corrected chi connectivity index (χ2v) is 10.9. The number of amides is 2. The van der Waals surface area contributed by atoms with Crippen LogP contribution in [0.15, 0.2) is 103 Å². The second kappa shape index (κ2) is 16.2. The van der Waals surface area contributed by atoms with E-state index in [9.17, 15) is 9.59 Å². The van der Waals surface area contributed by atoms with Gasteiger partial charge in [-0.1, -0.05) is 66.7 Å². The number of aromatic nitrogens is 1. The Morgan fingerprint density at radius 1 is 0.978 bits per heavy atom. The summed E-state index contributed by atoms with van der Waals surface area (Å²) in [5, 5.41) is 18.4. The Morgan fingerprint density at radius 2 is 1.70 bits per heavy atom. The molecule has 10 nitrogen and oxygen atoms in total. The SMILES string of the molecule is COC(=O)NC(C(=O)Nc1cccnc1CC[C@@H]1CNC[C@@H](COc2cccc(C#N)c2)O1)C(c1ccccc1)c1ccccc1. The molecule has 3 atom stereocenters. The number of methoxy groups -OCH3 is 1. The number of nitriles is 1. The third-order valence-corrected chi connectivity index (χ3v) is 7.77. The molecule has 3 N–H and O–H groups in total. The van der Waals surface area contributed by atoms with Crippen LogP contribution < -0.4 is 20.7 Å². The quantitative estimate of drug-likeness (QED) is 0.206. The Kier molecular flexibility index (Phi) is 11.3. The molecule has 1 saturated heterocycles. The van der Waals surface area contributed by atoms with E-state index in [-0.39, 0.29) is 12.2 Å². The van der Waals surface area contributed by atoms with Crippen molar-refractivity contribution in [2.75, 3.05) is 32.1 Å². The first kappa shape index (κ1) is 32.2. The van der Waals surface area contributed by atoms with Crippen LogP contribution in [0.5, 0.6) is 5.75 Å². The number of hydrogen-bond acceptors (Lipinski definition) is 8. The van der Waals surface area contributed by atoms with Crippen molar-refractivity contribution in [3.63, 3.8) is 0 Å². The third-order valence-electron chi connectivity index (χ3n) is 7.77. The van der Waals surface area contributed by atoms with Gasteiger partial charge in [0.15, 0.2) is 0 Å². The van der Waals surface area contributed by atoms with E-state index in [1.165, 1.54) is 7.11 Å². The van der Waals surface area contributed by atoms with Gasteiger partial charge in [0, 0.05) is 25.2 Å². The van der Waals surface area contributed by atoms with Crippen LogP contribution in [0.3, 0.4) is 0 Å². The zero-order valence-corrected chi connectivity index (χ0v) is 25.6. The highest BCUT2D eigenvalue weighted by atomic mass is 16.5. The average molecular weight is 620 g/mol. The molecule has 0 bridgehead atoms. The first-order valence-corrected chi connectivity index (χ1v) is 15.2. The van der Waals surface area contributed by atoms with E-state index in [2.05, 4.69) is 27.0 Å². The molecule has 0 saturated carbocycles. The molecule has 2 heterocycles. The molecule has 46 heavy (non-hydrogen) atoms. The molecular weight excluding hydrogens is 582 g/mol. The van der Waals surface area contributed by atoms with Gasteiger partial charge in [-0.2, -0.15) is 5.26 Å². The first-order valence-electron chi connectivity index (χ1n) is 15.2. The van der Waals surface area contributed by atoms with E-state index in [0.29, 0.717) is 55.2 Å². The van der Waals surface area contributed by atoms with Gasteiger partial charge in [0.05, 0.1) is 36.2 Å². The van der Waals surface area contributed by atoms with Crippen molar-refractivity contribution in [1.82, 2.24) is 15.6 Å². The maximum atomic E-state index is 14.0. The molecule has 236 valence electrons. The second-order valence-electron chi connectivity index (χ2n) is 10.9. The molecule has 5 rings (SSSR count). The van der Waals surface area contributed by atoms with Crippen molar-refractivity contribution in [2.24, 2.45) is 0 Å². The molecular formula is C36H37N5O5. The molecule has 0 aliphatic carbocycles. The summed E-state index contributed by atoms with van der Waals surface area (Å²) >= 11 is 0. The Bertz CT molecular complexity index is 1590. The summed E-state index contributed by atoms with van der Waals surface area (Å²) in [7, 11) is 1.27. The molecule has 10 heteroatoms. The zero-order chi connectivity index (χ0) is 32.1. The van der Waals surface area contributed by atoms with Gasteiger partial charge in [-0.15, -0.1) is 0 Å². The maximum Gasteiger partial charge on any atom is 0.407 e. The number of anilines is 1. The van der Waals surface area contributed by atoms with E-state index in [1.807, 2.05) is 66.7 Å². The van der Waals surface area contributed by atoms with Gasteiger partial charge in [-0.05, 0) is 54.3 Å². The summed E-state index contributed by atoms with van der Waals surface area (Å²) in [6.45, 7) is 1.68. The van der Waals surface area contributed by atoms with Gasteiger partial charge in [0.25, 0.3) is 0 Å². The lowest BCUT2D eigenvalue weighted by atomic mass is 9.84. The normalized spacial score (nSPS) is 16.5. The van der Waals surface area contributed by atoms with Crippen molar-refractivity contribution < 1.29 is 23.8 Å². The van der Waals surface area contributed by atoms with Crippen LogP contribution in [0.2, 0.25) is 0 Å². The van der Waals surface area contributed by atoms with Crippen LogP contribution in [0.1, 0.15) is 34.7 Å². The monoisotopic (exact) mass is 619 g/mol. The Hall–Kier alpha value is -5.24.